The quantitative estimate of drug-likeness (QED) is 0.352. The Hall–Kier alpha value is -0.610. The summed E-state index contributed by atoms with van der Waals surface area (Å²) in [5.41, 5.74) is 10.1. The lowest BCUT2D eigenvalue weighted by atomic mass is 10.2. The summed E-state index contributed by atoms with van der Waals surface area (Å²) in [7, 11) is 0. The molecule has 0 bridgehead atoms. The van der Waals surface area contributed by atoms with E-state index in [1.807, 2.05) is 0 Å². The summed E-state index contributed by atoms with van der Waals surface area (Å²) in [4.78, 5) is 10.0. The zero-order valence-corrected chi connectivity index (χ0v) is 3.63. The van der Waals surface area contributed by atoms with Gasteiger partial charge < -0.3 is 10.5 Å². The summed E-state index contributed by atoms with van der Waals surface area (Å²) in [5, 5.41) is 0. The van der Waals surface area contributed by atoms with Gasteiger partial charge in [0.25, 0.3) is 0 Å². The number of hydrogen-bond donors (Lipinski definition) is 2. The fraction of sp³-hybridized carbons (Fsp3) is 0.667. The van der Waals surface area contributed by atoms with Crippen molar-refractivity contribution in [3.05, 3.63) is 0 Å². The molecular weight excluding hydrogens is 96.0 g/mol. The molecule has 0 aliphatic carbocycles. The van der Waals surface area contributed by atoms with Crippen molar-refractivity contribution in [2.45, 2.75) is 12.3 Å². The fourth-order valence-electron chi connectivity index (χ4n) is 0.348. The van der Waals surface area contributed by atoms with Crippen LogP contribution in [0.25, 0.3) is 0 Å². The van der Waals surface area contributed by atoms with Crippen LogP contribution in [0.2, 0.25) is 0 Å². The van der Waals surface area contributed by atoms with Gasteiger partial charge >= 0.3 is 5.97 Å². The standard InChI is InChI=1S/C3H6N2O2/c4-1-2(5)7-3(1)6/h1-2H,4-5H2/t1?,2-/m1/s1. The molecule has 2 atom stereocenters. The minimum Gasteiger partial charge on any atom is -0.443 e. The van der Waals surface area contributed by atoms with E-state index in [0.29, 0.717) is 0 Å². The lowest BCUT2D eigenvalue weighted by molar-refractivity contribution is -0.173. The maximum atomic E-state index is 10.0. The van der Waals surface area contributed by atoms with Crippen molar-refractivity contribution in [2.75, 3.05) is 0 Å². The van der Waals surface area contributed by atoms with Gasteiger partial charge in [-0.15, -0.1) is 0 Å². The summed E-state index contributed by atoms with van der Waals surface area (Å²) in [6, 6.07) is -0.583. The topological polar surface area (TPSA) is 78.3 Å². The largest absolute Gasteiger partial charge is 0.443 e. The number of cyclic esters (lactones) is 1. The molecule has 0 aromatic carbocycles. The predicted octanol–water partition coefficient (Wildman–Crippen LogP) is -1.84. The third-order valence-corrected chi connectivity index (χ3v) is 0.878. The Morgan fingerprint density at radius 1 is 1.57 bits per heavy atom. The highest BCUT2D eigenvalue weighted by Gasteiger charge is 2.35. The highest BCUT2D eigenvalue weighted by atomic mass is 16.6. The second-order valence-corrected chi connectivity index (χ2v) is 1.43. The number of rotatable bonds is 0. The van der Waals surface area contributed by atoms with E-state index in [4.69, 9.17) is 11.5 Å². The lowest BCUT2D eigenvalue weighted by Crippen LogP contribution is -2.60. The molecule has 0 saturated carbocycles. The minimum absolute atomic E-state index is 0.410. The molecule has 1 aliphatic heterocycles. The molecule has 4 N–H and O–H groups in total. The van der Waals surface area contributed by atoms with Crippen LogP contribution in [0.4, 0.5) is 0 Å². The van der Waals surface area contributed by atoms with Crippen LogP contribution >= 0.6 is 0 Å². The molecule has 40 valence electrons. The summed E-state index contributed by atoms with van der Waals surface area (Å²) in [6.45, 7) is 0. The maximum absolute atomic E-state index is 10.0. The molecule has 1 unspecified atom stereocenters. The van der Waals surface area contributed by atoms with Gasteiger partial charge in [0.15, 0.2) is 12.3 Å². The molecule has 0 spiro atoms. The number of hydrogen-bond acceptors (Lipinski definition) is 4. The summed E-state index contributed by atoms with van der Waals surface area (Å²) in [5.74, 6) is -0.410. The normalized spacial score (nSPS) is 39.4. The first kappa shape index (κ1) is 4.55. The Bertz CT molecular complexity index is 103. The Balaban J connectivity index is 2.43. The van der Waals surface area contributed by atoms with Gasteiger partial charge in [-0.3, -0.25) is 10.5 Å². The van der Waals surface area contributed by atoms with Gasteiger partial charge in [0, 0.05) is 0 Å². The Kier molecular flexibility index (Phi) is 0.765. The predicted molar refractivity (Wildman–Crippen MR) is 22.0 cm³/mol. The minimum atomic E-state index is -0.583. The van der Waals surface area contributed by atoms with E-state index in [-0.39, 0.29) is 0 Å². The number of nitrogens with two attached hydrogens (primary N) is 2. The molecule has 4 heteroatoms. The van der Waals surface area contributed by atoms with E-state index < -0.39 is 18.2 Å². The van der Waals surface area contributed by atoms with Crippen LogP contribution in [0.5, 0.6) is 0 Å². The average Bonchev–Trinajstić information content (AvgIpc) is 1.68. The van der Waals surface area contributed by atoms with Gasteiger partial charge in [0.2, 0.25) is 0 Å². The van der Waals surface area contributed by atoms with Crippen LogP contribution in [0, 0.1) is 0 Å². The second kappa shape index (κ2) is 1.18. The highest BCUT2D eigenvalue weighted by molar-refractivity contribution is 5.81. The van der Waals surface area contributed by atoms with Crippen molar-refractivity contribution in [2.24, 2.45) is 11.5 Å². The summed E-state index contributed by atoms with van der Waals surface area (Å²) in [6.07, 6.45) is -0.563. The van der Waals surface area contributed by atoms with E-state index in [0.717, 1.165) is 0 Å². The molecule has 1 heterocycles. The fourth-order valence-corrected chi connectivity index (χ4v) is 0.348. The van der Waals surface area contributed by atoms with Crippen LogP contribution in [-0.2, 0) is 9.53 Å². The SMILES string of the molecule is NC1C(=O)O[C@H]1N. The highest BCUT2D eigenvalue weighted by Crippen LogP contribution is 2.04. The van der Waals surface area contributed by atoms with Crippen molar-refractivity contribution in [3.8, 4) is 0 Å². The molecule has 1 rings (SSSR count). The van der Waals surface area contributed by atoms with Crippen molar-refractivity contribution < 1.29 is 9.53 Å². The van der Waals surface area contributed by atoms with E-state index >= 15 is 0 Å². The van der Waals surface area contributed by atoms with Crippen molar-refractivity contribution in [3.63, 3.8) is 0 Å². The van der Waals surface area contributed by atoms with E-state index in [9.17, 15) is 4.79 Å². The molecule has 0 aromatic rings. The molecular formula is C3H6N2O2. The molecule has 7 heavy (non-hydrogen) atoms. The molecule has 0 amide bonds. The molecule has 0 radical (unpaired) electrons. The Labute approximate surface area is 40.4 Å². The van der Waals surface area contributed by atoms with Crippen LogP contribution in [0.1, 0.15) is 0 Å². The van der Waals surface area contributed by atoms with E-state index in [1.54, 1.807) is 0 Å². The number of esters is 1. The summed E-state index contributed by atoms with van der Waals surface area (Å²) >= 11 is 0. The molecule has 0 aromatic heterocycles. The smallest absolute Gasteiger partial charge is 0.329 e. The molecule has 1 saturated heterocycles. The average molecular weight is 102 g/mol. The Morgan fingerprint density at radius 3 is 2.14 bits per heavy atom. The van der Waals surface area contributed by atoms with E-state index in [2.05, 4.69) is 4.74 Å². The van der Waals surface area contributed by atoms with Gasteiger partial charge in [-0.25, -0.2) is 0 Å². The number of carbonyl (C=O) groups is 1. The van der Waals surface area contributed by atoms with Crippen LogP contribution < -0.4 is 11.5 Å². The molecule has 4 nitrogen and oxygen atoms in total. The Morgan fingerprint density at radius 2 is 2.14 bits per heavy atom. The maximum Gasteiger partial charge on any atom is 0.329 e. The third kappa shape index (κ3) is 0.477. The monoisotopic (exact) mass is 102 g/mol. The first-order chi connectivity index (χ1) is 3.22. The van der Waals surface area contributed by atoms with Crippen LogP contribution in [0.15, 0.2) is 0 Å². The van der Waals surface area contributed by atoms with Gasteiger partial charge in [-0.1, -0.05) is 0 Å². The zero-order chi connectivity index (χ0) is 5.44. The first-order valence-corrected chi connectivity index (χ1v) is 1.93. The molecule has 1 fully saturated rings. The van der Waals surface area contributed by atoms with Crippen molar-refractivity contribution in [1.82, 2.24) is 0 Å². The van der Waals surface area contributed by atoms with Crippen LogP contribution in [-0.4, -0.2) is 18.2 Å². The lowest BCUT2D eigenvalue weighted by Gasteiger charge is -2.27. The number of carbonyl (C=O) groups excluding carboxylic acids is 1. The van der Waals surface area contributed by atoms with Gasteiger partial charge in [0.05, 0.1) is 0 Å². The van der Waals surface area contributed by atoms with Gasteiger partial charge in [0.1, 0.15) is 0 Å². The molecule has 1 aliphatic rings. The third-order valence-electron chi connectivity index (χ3n) is 0.878. The van der Waals surface area contributed by atoms with Crippen LogP contribution in [0.3, 0.4) is 0 Å². The second-order valence-electron chi connectivity index (χ2n) is 1.43. The van der Waals surface area contributed by atoms with Crippen molar-refractivity contribution >= 4 is 5.97 Å². The first-order valence-electron chi connectivity index (χ1n) is 1.93. The van der Waals surface area contributed by atoms with Gasteiger partial charge in [-0.2, -0.15) is 0 Å². The van der Waals surface area contributed by atoms with Crippen molar-refractivity contribution in [1.29, 1.82) is 0 Å². The van der Waals surface area contributed by atoms with E-state index in [1.165, 1.54) is 0 Å². The zero-order valence-electron chi connectivity index (χ0n) is 3.63. The number of ether oxygens (including phenoxy) is 1. The van der Waals surface area contributed by atoms with Gasteiger partial charge in [-0.05, 0) is 0 Å². The summed E-state index contributed by atoms with van der Waals surface area (Å²) < 4.78 is 4.27.